The summed E-state index contributed by atoms with van der Waals surface area (Å²) in [6.45, 7) is 8.80. The number of hydrogen-bond donors (Lipinski definition) is 1. The summed E-state index contributed by atoms with van der Waals surface area (Å²) in [6.07, 6.45) is 0. The highest BCUT2D eigenvalue weighted by atomic mass is 32.1. The smallest absolute Gasteiger partial charge is 0.0615 e. The third-order valence-corrected chi connectivity index (χ3v) is 4.29. The molecule has 0 aliphatic rings. The molecule has 5 heteroatoms. The monoisotopic (exact) mass is 300 g/mol. The minimum atomic E-state index is 0.397. The average molecular weight is 300 g/mol. The number of thiophene rings is 1. The van der Waals surface area contributed by atoms with Gasteiger partial charge in [0, 0.05) is 50.8 Å². The fourth-order valence-corrected chi connectivity index (χ4v) is 3.02. The number of ether oxygens (including phenoxy) is 2. The minimum Gasteiger partial charge on any atom is -0.383 e. The lowest BCUT2D eigenvalue weighted by molar-refractivity contribution is 0.0516. The number of rotatable bonds is 11. The fourth-order valence-electron chi connectivity index (χ4n) is 2.34. The molecule has 0 aliphatic carbocycles. The van der Waals surface area contributed by atoms with Gasteiger partial charge in [-0.05, 0) is 25.3 Å². The lowest BCUT2D eigenvalue weighted by Gasteiger charge is -2.34. The van der Waals surface area contributed by atoms with Gasteiger partial charge in [-0.3, -0.25) is 4.90 Å². The summed E-state index contributed by atoms with van der Waals surface area (Å²) in [5.41, 5.74) is 0. The predicted molar refractivity (Wildman–Crippen MR) is 85.4 cm³/mol. The molecule has 2 unspecified atom stereocenters. The second kappa shape index (κ2) is 10.3. The highest BCUT2D eigenvalue weighted by Crippen LogP contribution is 2.09. The summed E-state index contributed by atoms with van der Waals surface area (Å²) in [6, 6.07) is 5.11. The Morgan fingerprint density at radius 1 is 1.25 bits per heavy atom. The molecule has 0 radical (unpaired) electrons. The molecule has 0 saturated heterocycles. The van der Waals surface area contributed by atoms with E-state index in [1.165, 1.54) is 4.88 Å². The van der Waals surface area contributed by atoms with Gasteiger partial charge >= 0.3 is 0 Å². The number of hydrogen-bond acceptors (Lipinski definition) is 5. The Bertz CT molecular complexity index is 333. The lowest BCUT2D eigenvalue weighted by Crippen LogP contribution is -2.48. The van der Waals surface area contributed by atoms with Crippen LogP contribution in [0.3, 0.4) is 0 Å². The minimum absolute atomic E-state index is 0.397. The summed E-state index contributed by atoms with van der Waals surface area (Å²) in [5, 5.41) is 5.65. The van der Waals surface area contributed by atoms with Crippen molar-refractivity contribution in [3.63, 3.8) is 0 Å². The van der Waals surface area contributed by atoms with Gasteiger partial charge in [0.1, 0.15) is 0 Å². The topological polar surface area (TPSA) is 33.7 Å². The third kappa shape index (κ3) is 6.33. The SMILES string of the molecule is COCCN(C(C)CNCc1cccs1)C(C)COC. The van der Waals surface area contributed by atoms with Crippen molar-refractivity contribution >= 4 is 11.3 Å². The molecule has 1 rings (SSSR count). The molecule has 0 amide bonds. The van der Waals surface area contributed by atoms with Crippen molar-refractivity contribution in [3.05, 3.63) is 22.4 Å². The zero-order valence-electron chi connectivity index (χ0n) is 13.1. The zero-order valence-corrected chi connectivity index (χ0v) is 13.9. The molecule has 1 aromatic heterocycles. The highest BCUT2D eigenvalue weighted by molar-refractivity contribution is 7.09. The molecular formula is C15H28N2O2S. The maximum absolute atomic E-state index is 5.28. The van der Waals surface area contributed by atoms with Crippen LogP contribution in [0.5, 0.6) is 0 Å². The van der Waals surface area contributed by atoms with Gasteiger partial charge in [-0.2, -0.15) is 0 Å². The molecule has 1 N–H and O–H groups in total. The third-order valence-electron chi connectivity index (χ3n) is 3.41. The molecule has 1 aromatic rings. The van der Waals surface area contributed by atoms with Crippen LogP contribution in [0.4, 0.5) is 0 Å². The molecule has 4 nitrogen and oxygen atoms in total. The summed E-state index contributed by atoms with van der Waals surface area (Å²) in [5.74, 6) is 0. The van der Waals surface area contributed by atoms with Gasteiger partial charge in [0.15, 0.2) is 0 Å². The van der Waals surface area contributed by atoms with Crippen LogP contribution < -0.4 is 5.32 Å². The maximum atomic E-state index is 5.28. The van der Waals surface area contributed by atoms with Crippen LogP contribution >= 0.6 is 11.3 Å². The van der Waals surface area contributed by atoms with Gasteiger partial charge in [-0.1, -0.05) is 6.07 Å². The first-order valence-electron chi connectivity index (χ1n) is 7.15. The predicted octanol–water partition coefficient (Wildman–Crippen LogP) is 2.21. The number of nitrogens with zero attached hydrogens (tertiary/aromatic N) is 1. The van der Waals surface area contributed by atoms with Crippen LogP contribution in [0.15, 0.2) is 17.5 Å². The van der Waals surface area contributed by atoms with E-state index in [0.717, 1.165) is 32.8 Å². The van der Waals surface area contributed by atoms with E-state index in [2.05, 4.69) is 41.6 Å². The van der Waals surface area contributed by atoms with E-state index in [1.807, 2.05) is 0 Å². The Hall–Kier alpha value is -0.460. The largest absolute Gasteiger partial charge is 0.383 e. The van der Waals surface area contributed by atoms with E-state index in [9.17, 15) is 0 Å². The average Bonchev–Trinajstić information content (AvgIpc) is 2.92. The van der Waals surface area contributed by atoms with Crippen molar-refractivity contribution in [2.45, 2.75) is 32.5 Å². The van der Waals surface area contributed by atoms with Crippen LogP contribution in [0.25, 0.3) is 0 Å². The zero-order chi connectivity index (χ0) is 14.8. The number of methoxy groups -OCH3 is 2. The van der Waals surface area contributed by atoms with Crippen molar-refractivity contribution < 1.29 is 9.47 Å². The molecule has 116 valence electrons. The standard InChI is InChI=1S/C15H28N2O2S/c1-13(10-16-11-15-6-5-9-20-15)17(7-8-18-3)14(2)12-19-4/h5-6,9,13-14,16H,7-8,10-12H2,1-4H3. The highest BCUT2D eigenvalue weighted by Gasteiger charge is 2.19. The molecular weight excluding hydrogens is 272 g/mol. The molecule has 0 aromatic carbocycles. The van der Waals surface area contributed by atoms with E-state index in [-0.39, 0.29) is 0 Å². The fraction of sp³-hybridized carbons (Fsp3) is 0.733. The maximum Gasteiger partial charge on any atom is 0.0615 e. The van der Waals surface area contributed by atoms with Gasteiger partial charge in [0.05, 0.1) is 13.2 Å². The van der Waals surface area contributed by atoms with Gasteiger partial charge in [-0.25, -0.2) is 0 Å². The van der Waals surface area contributed by atoms with E-state index in [1.54, 1.807) is 25.6 Å². The van der Waals surface area contributed by atoms with Crippen LogP contribution in [0, 0.1) is 0 Å². The molecule has 0 bridgehead atoms. The Balaban J connectivity index is 2.38. The first-order chi connectivity index (χ1) is 9.69. The molecule has 0 fully saturated rings. The van der Waals surface area contributed by atoms with Crippen LogP contribution in [0.1, 0.15) is 18.7 Å². The second-order valence-electron chi connectivity index (χ2n) is 5.09. The summed E-state index contributed by atoms with van der Waals surface area (Å²) in [4.78, 5) is 3.82. The van der Waals surface area contributed by atoms with Gasteiger partial charge in [0.2, 0.25) is 0 Å². The van der Waals surface area contributed by atoms with E-state index in [0.29, 0.717) is 12.1 Å². The van der Waals surface area contributed by atoms with Crippen LogP contribution in [0.2, 0.25) is 0 Å². The van der Waals surface area contributed by atoms with Gasteiger partial charge < -0.3 is 14.8 Å². The van der Waals surface area contributed by atoms with Gasteiger partial charge in [-0.15, -0.1) is 11.3 Å². The molecule has 2 atom stereocenters. The molecule has 0 saturated carbocycles. The summed E-state index contributed by atoms with van der Waals surface area (Å²) >= 11 is 1.80. The first-order valence-corrected chi connectivity index (χ1v) is 8.03. The van der Waals surface area contributed by atoms with E-state index < -0.39 is 0 Å². The van der Waals surface area contributed by atoms with Crippen molar-refractivity contribution in [1.82, 2.24) is 10.2 Å². The number of nitrogens with one attached hydrogen (secondary N) is 1. The molecule has 0 aliphatic heterocycles. The van der Waals surface area contributed by atoms with Crippen molar-refractivity contribution in [3.8, 4) is 0 Å². The quantitative estimate of drug-likeness (QED) is 0.679. The molecule has 20 heavy (non-hydrogen) atoms. The Labute approximate surface area is 127 Å². The Kier molecular flexibility index (Phi) is 9.05. The van der Waals surface area contributed by atoms with Crippen LogP contribution in [-0.2, 0) is 16.0 Å². The van der Waals surface area contributed by atoms with E-state index in [4.69, 9.17) is 9.47 Å². The normalized spacial score (nSPS) is 14.7. The molecule has 1 heterocycles. The van der Waals surface area contributed by atoms with Gasteiger partial charge in [0.25, 0.3) is 0 Å². The second-order valence-corrected chi connectivity index (χ2v) is 6.13. The molecule has 0 spiro atoms. The van der Waals surface area contributed by atoms with Crippen LogP contribution in [-0.4, -0.2) is 57.5 Å². The lowest BCUT2D eigenvalue weighted by atomic mass is 10.2. The summed E-state index contributed by atoms with van der Waals surface area (Å²) in [7, 11) is 3.50. The summed E-state index contributed by atoms with van der Waals surface area (Å²) < 4.78 is 10.5. The van der Waals surface area contributed by atoms with Crippen molar-refractivity contribution in [2.75, 3.05) is 40.5 Å². The Morgan fingerprint density at radius 3 is 2.65 bits per heavy atom. The van der Waals surface area contributed by atoms with Crippen molar-refractivity contribution in [2.24, 2.45) is 0 Å². The van der Waals surface area contributed by atoms with E-state index >= 15 is 0 Å². The Morgan fingerprint density at radius 2 is 2.05 bits per heavy atom. The first kappa shape index (κ1) is 17.6. The van der Waals surface area contributed by atoms with Crippen molar-refractivity contribution in [1.29, 1.82) is 0 Å².